The lowest BCUT2D eigenvalue weighted by molar-refractivity contribution is -0.115. The standard InChI is InChI=1S/C22H26N2O5S/c1-4-27-21(26)19-15(13-5-6-13)11-30-20(19)24-18(25)10-23-22(2,3)14-7-8-16-17(9-14)29-12-28-16/h7-9,11,13,23H,4-6,10,12H2,1-3H3,(H,24,25). The van der Waals surface area contributed by atoms with Crippen molar-refractivity contribution in [1.82, 2.24) is 5.32 Å². The van der Waals surface area contributed by atoms with Gasteiger partial charge in [0.1, 0.15) is 5.00 Å². The van der Waals surface area contributed by atoms with Gasteiger partial charge in [0, 0.05) is 5.54 Å². The molecule has 1 saturated carbocycles. The molecule has 1 aliphatic carbocycles. The number of nitrogens with one attached hydrogen (secondary N) is 2. The Morgan fingerprint density at radius 1 is 1.23 bits per heavy atom. The Kier molecular flexibility index (Phi) is 5.71. The maximum Gasteiger partial charge on any atom is 0.341 e. The molecule has 2 aliphatic rings. The third-order valence-corrected chi connectivity index (χ3v) is 6.27. The smallest absolute Gasteiger partial charge is 0.341 e. The molecular weight excluding hydrogens is 404 g/mol. The summed E-state index contributed by atoms with van der Waals surface area (Å²) in [6.45, 7) is 6.40. The molecule has 1 amide bonds. The van der Waals surface area contributed by atoms with E-state index in [9.17, 15) is 9.59 Å². The zero-order chi connectivity index (χ0) is 21.3. The van der Waals surface area contributed by atoms with Gasteiger partial charge in [-0.25, -0.2) is 4.79 Å². The largest absolute Gasteiger partial charge is 0.462 e. The van der Waals surface area contributed by atoms with Crippen molar-refractivity contribution in [2.24, 2.45) is 0 Å². The van der Waals surface area contributed by atoms with Gasteiger partial charge in [0.15, 0.2) is 11.5 Å². The highest BCUT2D eigenvalue weighted by Crippen LogP contribution is 2.46. The van der Waals surface area contributed by atoms with Crippen LogP contribution in [0.2, 0.25) is 0 Å². The molecule has 0 spiro atoms. The normalized spacial score (nSPS) is 15.2. The maximum absolute atomic E-state index is 12.6. The quantitative estimate of drug-likeness (QED) is 0.616. The second-order valence-corrected chi connectivity index (χ2v) is 8.86. The zero-order valence-electron chi connectivity index (χ0n) is 17.4. The topological polar surface area (TPSA) is 85.9 Å². The zero-order valence-corrected chi connectivity index (χ0v) is 18.2. The van der Waals surface area contributed by atoms with Crippen LogP contribution in [-0.2, 0) is 15.1 Å². The van der Waals surface area contributed by atoms with Crippen LogP contribution in [0.4, 0.5) is 5.00 Å². The van der Waals surface area contributed by atoms with Crippen molar-refractivity contribution in [1.29, 1.82) is 0 Å². The van der Waals surface area contributed by atoms with Crippen LogP contribution in [0.15, 0.2) is 23.6 Å². The summed E-state index contributed by atoms with van der Waals surface area (Å²) in [7, 11) is 0. The minimum Gasteiger partial charge on any atom is -0.462 e. The fraction of sp³-hybridized carbons (Fsp3) is 0.455. The first-order valence-electron chi connectivity index (χ1n) is 10.1. The highest BCUT2D eigenvalue weighted by atomic mass is 32.1. The van der Waals surface area contributed by atoms with Gasteiger partial charge < -0.3 is 19.5 Å². The Morgan fingerprint density at radius 2 is 2.00 bits per heavy atom. The summed E-state index contributed by atoms with van der Waals surface area (Å²) >= 11 is 1.38. The molecule has 1 fully saturated rings. The van der Waals surface area contributed by atoms with E-state index in [1.54, 1.807) is 6.92 Å². The Hall–Kier alpha value is -2.58. The average Bonchev–Trinajstić information content (AvgIpc) is 3.30. The fourth-order valence-electron chi connectivity index (χ4n) is 3.43. The van der Waals surface area contributed by atoms with E-state index in [-0.39, 0.29) is 25.2 Å². The minimum absolute atomic E-state index is 0.0976. The van der Waals surface area contributed by atoms with Crippen LogP contribution < -0.4 is 20.1 Å². The number of thiophene rings is 1. The fourth-order valence-corrected chi connectivity index (χ4v) is 4.48. The number of amides is 1. The molecule has 4 rings (SSSR count). The predicted octanol–water partition coefficient (Wildman–Crippen LogP) is 3.99. The summed E-state index contributed by atoms with van der Waals surface area (Å²) in [5.41, 5.74) is 2.02. The Labute approximate surface area is 179 Å². The number of benzene rings is 1. The van der Waals surface area contributed by atoms with Gasteiger partial charge in [0.05, 0.1) is 18.7 Å². The molecule has 30 heavy (non-hydrogen) atoms. The third-order valence-electron chi connectivity index (χ3n) is 5.35. The van der Waals surface area contributed by atoms with Gasteiger partial charge >= 0.3 is 5.97 Å². The van der Waals surface area contributed by atoms with Crippen LogP contribution in [0.5, 0.6) is 11.5 Å². The minimum atomic E-state index is -0.461. The highest BCUT2D eigenvalue weighted by Gasteiger charge is 2.32. The number of anilines is 1. The van der Waals surface area contributed by atoms with Gasteiger partial charge in [0.2, 0.25) is 12.7 Å². The van der Waals surface area contributed by atoms with Crippen molar-refractivity contribution in [3.05, 3.63) is 40.3 Å². The second-order valence-electron chi connectivity index (χ2n) is 7.98. The maximum atomic E-state index is 12.6. The van der Waals surface area contributed by atoms with Crippen molar-refractivity contribution >= 4 is 28.2 Å². The van der Waals surface area contributed by atoms with Crippen molar-refractivity contribution < 1.29 is 23.8 Å². The van der Waals surface area contributed by atoms with E-state index in [1.165, 1.54) is 11.3 Å². The molecular formula is C22H26N2O5S. The first-order chi connectivity index (χ1) is 14.4. The van der Waals surface area contributed by atoms with E-state index in [0.717, 1.165) is 29.7 Å². The van der Waals surface area contributed by atoms with Crippen LogP contribution in [0.1, 0.15) is 61.0 Å². The van der Waals surface area contributed by atoms with Gasteiger partial charge in [-0.2, -0.15) is 0 Å². The number of carbonyl (C=O) groups is 2. The van der Waals surface area contributed by atoms with Gasteiger partial charge in [-0.3, -0.25) is 10.1 Å². The van der Waals surface area contributed by atoms with Crippen LogP contribution in [0.3, 0.4) is 0 Å². The molecule has 1 aliphatic heterocycles. The summed E-state index contributed by atoms with van der Waals surface area (Å²) in [5.74, 6) is 1.25. The van der Waals surface area contributed by atoms with E-state index in [1.807, 2.05) is 37.4 Å². The Balaban J connectivity index is 1.42. The van der Waals surface area contributed by atoms with E-state index in [0.29, 0.717) is 28.8 Å². The van der Waals surface area contributed by atoms with Crippen LogP contribution in [0, 0.1) is 0 Å². The molecule has 0 atom stereocenters. The molecule has 1 aromatic carbocycles. The Bertz CT molecular complexity index is 964. The summed E-state index contributed by atoms with van der Waals surface area (Å²) in [6.07, 6.45) is 2.14. The molecule has 2 heterocycles. The van der Waals surface area contributed by atoms with E-state index < -0.39 is 5.54 Å². The lowest BCUT2D eigenvalue weighted by Crippen LogP contribution is -2.41. The first kappa shape index (κ1) is 20.7. The van der Waals surface area contributed by atoms with E-state index >= 15 is 0 Å². The SMILES string of the molecule is CCOC(=O)c1c(C2CC2)csc1NC(=O)CNC(C)(C)c1ccc2c(c1)OCO2. The highest BCUT2D eigenvalue weighted by molar-refractivity contribution is 7.15. The lowest BCUT2D eigenvalue weighted by atomic mass is 9.94. The number of esters is 1. The van der Waals surface area contributed by atoms with Crippen molar-refractivity contribution in [3.8, 4) is 11.5 Å². The molecule has 0 unspecified atom stereocenters. The van der Waals surface area contributed by atoms with Crippen LogP contribution in [0.25, 0.3) is 0 Å². The van der Waals surface area contributed by atoms with Gasteiger partial charge in [0.25, 0.3) is 0 Å². The van der Waals surface area contributed by atoms with Gasteiger partial charge in [-0.05, 0) is 68.2 Å². The molecule has 7 nitrogen and oxygen atoms in total. The molecule has 1 aromatic heterocycles. The van der Waals surface area contributed by atoms with Crippen LogP contribution in [-0.4, -0.2) is 31.8 Å². The average molecular weight is 431 g/mol. The first-order valence-corrected chi connectivity index (χ1v) is 11.0. The summed E-state index contributed by atoms with van der Waals surface area (Å²) < 4.78 is 16.0. The van der Waals surface area contributed by atoms with E-state index in [4.69, 9.17) is 14.2 Å². The molecule has 0 saturated heterocycles. The number of hydrogen-bond acceptors (Lipinski definition) is 7. The van der Waals surface area contributed by atoms with Crippen molar-refractivity contribution in [2.75, 3.05) is 25.3 Å². The summed E-state index contributed by atoms with van der Waals surface area (Å²) in [6, 6.07) is 5.75. The molecule has 160 valence electrons. The summed E-state index contributed by atoms with van der Waals surface area (Å²) in [4.78, 5) is 25.1. The number of carbonyl (C=O) groups excluding carboxylic acids is 2. The molecule has 0 radical (unpaired) electrons. The van der Waals surface area contributed by atoms with Gasteiger partial charge in [-0.15, -0.1) is 11.3 Å². The number of hydrogen-bond donors (Lipinski definition) is 2. The molecule has 2 aromatic rings. The number of ether oxygens (including phenoxy) is 3. The Morgan fingerprint density at radius 3 is 2.73 bits per heavy atom. The molecule has 8 heteroatoms. The molecule has 0 bridgehead atoms. The number of fused-ring (bicyclic) bond motifs is 1. The van der Waals surface area contributed by atoms with Crippen molar-refractivity contribution in [3.63, 3.8) is 0 Å². The van der Waals surface area contributed by atoms with E-state index in [2.05, 4.69) is 10.6 Å². The monoisotopic (exact) mass is 430 g/mol. The van der Waals surface area contributed by atoms with Crippen molar-refractivity contribution in [2.45, 2.75) is 45.1 Å². The van der Waals surface area contributed by atoms with Gasteiger partial charge in [-0.1, -0.05) is 6.07 Å². The predicted molar refractivity (Wildman–Crippen MR) is 114 cm³/mol. The number of rotatable bonds is 8. The summed E-state index contributed by atoms with van der Waals surface area (Å²) in [5, 5.41) is 8.69. The second kappa shape index (κ2) is 8.28. The lowest BCUT2D eigenvalue weighted by Gasteiger charge is -2.27. The molecule has 2 N–H and O–H groups in total. The van der Waals surface area contributed by atoms with Crippen LogP contribution >= 0.6 is 11.3 Å². The third kappa shape index (κ3) is 4.29.